The van der Waals surface area contributed by atoms with Gasteiger partial charge < -0.3 is 14.6 Å². The number of aryl methyl sites for hydroxylation is 2. The number of rotatable bonds is 2. The standard InChI is InChI=1S/2C9H13N.CH2O/c2*1-8-4-6-9(7-5-8)10(2)3;1-2/h2*4-7H,1-3H3;1H2. The molecule has 0 aliphatic carbocycles. The van der Waals surface area contributed by atoms with Gasteiger partial charge in [-0.05, 0) is 38.1 Å². The fraction of sp³-hybridized carbons (Fsp3) is 0.316. The average molecular weight is 300 g/mol. The molecule has 2 aromatic carbocycles. The van der Waals surface area contributed by atoms with Gasteiger partial charge in [0.25, 0.3) is 0 Å². The highest BCUT2D eigenvalue weighted by Crippen LogP contribution is 2.11. The van der Waals surface area contributed by atoms with Crippen molar-refractivity contribution in [2.75, 3.05) is 38.0 Å². The van der Waals surface area contributed by atoms with Gasteiger partial charge in [0.05, 0.1) is 0 Å². The summed E-state index contributed by atoms with van der Waals surface area (Å²) < 4.78 is 0. The van der Waals surface area contributed by atoms with E-state index in [1.54, 1.807) is 0 Å². The van der Waals surface area contributed by atoms with Crippen LogP contribution in [0.2, 0.25) is 0 Å². The van der Waals surface area contributed by atoms with Crippen LogP contribution in [-0.2, 0) is 4.79 Å². The molecule has 22 heavy (non-hydrogen) atoms. The van der Waals surface area contributed by atoms with E-state index >= 15 is 0 Å². The highest BCUT2D eigenvalue weighted by Gasteiger charge is 1.91. The molecule has 0 radical (unpaired) electrons. The van der Waals surface area contributed by atoms with E-state index in [9.17, 15) is 0 Å². The molecule has 2 rings (SSSR count). The van der Waals surface area contributed by atoms with Crippen molar-refractivity contribution in [3.63, 3.8) is 0 Å². The Balaban J connectivity index is 0.000000360. The van der Waals surface area contributed by atoms with Crippen molar-refractivity contribution in [3.05, 3.63) is 59.7 Å². The van der Waals surface area contributed by atoms with Gasteiger partial charge in [-0.15, -0.1) is 0 Å². The molecule has 0 unspecified atom stereocenters. The number of hydrogen-bond acceptors (Lipinski definition) is 3. The molecular formula is C19H28N2O. The fourth-order valence-electron chi connectivity index (χ4n) is 1.69. The molecule has 0 aliphatic rings. The maximum Gasteiger partial charge on any atom is 0.106 e. The summed E-state index contributed by atoms with van der Waals surface area (Å²) in [6.45, 7) is 6.19. The minimum absolute atomic E-state index is 1.26. The summed E-state index contributed by atoms with van der Waals surface area (Å²) in [4.78, 5) is 12.2. The first kappa shape index (κ1) is 19.7. The van der Waals surface area contributed by atoms with Crippen LogP contribution in [0.1, 0.15) is 11.1 Å². The van der Waals surface area contributed by atoms with Gasteiger partial charge in [0.15, 0.2) is 0 Å². The van der Waals surface area contributed by atoms with E-state index in [2.05, 4.69) is 72.2 Å². The molecule has 0 atom stereocenters. The van der Waals surface area contributed by atoms with Gasteiger partial charge in [0, 0.05) is 39.6 Å². The molecule has 0 aliphatic heterocycles. The second kappa shape index (κ2) is 10.4. The summed E-state index contributed by atoms with van der Waals surface area (Å²) in [5.41, 5.74) is 5.13. The fourth-order valence-corrected chi connectivity index (χ4v) is 1.69. The highest BCUT2D eigenvalue weighted by atomic mass is 16.1. The SMILES string of the molecule is C=O.Cc1ccc(N(C)C)cc1.Cc1ccc(N(C)C)cc1. The normalized spacial score (nSPS) is 8.82. The number of anilines is 2. The van der Waals surface area contributed by atoms with Crippen LogP contribution in [0.3, 0.4) is 0 Å². The van der Waals surface area contributed by atoms with E-state index in [1.165, 1.54) is 22.5 Å². The monoisotopic (exact) mass is 300 g/mol. The van der Waals surface area contributed by atoms with Crippen molar-refractivity contribution in [1.29, 1.82) is 0 Å². The third kappa shape index (κ3) is 7.48. The number of benzene rings is 2. The molecule has 0 saturated heterocycles. The van der Waals surface area contributed by atoms with E-state index in [0.29, 0.717) is 0 Å². The van der Waals surface area contributed by atoms with Crippen LogP contribution in [0.15, 0.2) is 48.5 Å². The third-order valence-electron chi connectivity index (χ3n) is 3.10. The zero-order valence-electron chi connectivity index (χ0n) is 14.6. The van der Waals surface area contributed by atoms with Crippen LogP contribution in [0.5, 0.6) is 0 Å². The summed E-state index contributed by atoms with van der Waals surface area (Å²) in [7, 11) is 8.19. The number of hydrogen-bond donors (Lipinski definition) is 0. The number of carbonyl (C=O) groups is 1. The van der Waals surface area contributed by atoms with E-state index in [1.807, 2.05) is 35.0 Å². The Morgan fingerprint density at radius 3 is 1.00 bits per heavy atom. The lowest BCUT2D eigenvalue weighted by Crippen LogP contribution is -2.07. The molecule has 0 saturated carbocycles. The van der Waals surface area contributed by atoms with Gasteiger partial charge >= 0.3 is 0 Å². The van der Waals surface area contributed by atoms with Crippen molar-refractivity contribution < 1.29 is 4.79 Å². The molecule has 3 nitrogen and oxygen atoms in total. The van der Waals surface area contributed by atoms with Crippen molar-refractivity contribution in [3.8, 4) is 0 Å². The van der Waals surface area contributed by atoms with E-state index in [4.69, 9.17) is 4.79 Å². The summed E-state index contributed by atoms with van der Waals surface area (Å²) in [5, 5.41) is 0. The molecule has 0 N–H and O–H groups in total. The summed E-state index contributed by atoms with van der Waals surface area (Å²) in [6.07, 6.45) is 0. The van der Waals surface area contributed by atoms with Crippen LogP contribution in [-0.4, -0.2) is 35.0 Å². The summed E-state index contributed by atoms with van der Waals surface area (Å²) in [5.74, 6) is 0. The Bertz CT molecular complexity index is 467. The molecular weight excluding hydrogens is 272 g/mol. The van der Waals surface area contributed by atoms with Gasteiger partial charge in [0.2, 0.25) is 0 Å². The Morgan fingerprint density at radius 2 is 0.818 bits per heavy atom. The van der Waals surface area contributed by atoms with Crippen molar-refractivity contribution in [1.82, 2.24) is 0 Å². The van der Waals surface area contributed by atoms with E-state index in [-0.39, 0.29) is 0 Å². The van der Waals surface area contributed by atoms with Gasteiger partial charge in [-0.25, -0.2) is 0 Å². The lowest BCUT2D eigenvalue weighted by atomic mass is 10.2. The maximum absolute atomic E-state index is 8.00. The zero-order valence-corrected chi connectivity index (χ0v) is 14.6. The Hall–Kier alpha value is -2.29. The van der Waals surface area contributed by atoms with Gasteiger partial charge in [-0.1, -0.05) is 35.4 Å². The first-order valence-electron chi connectivity index (χ1n) is 7.17. The largest absolute Gasteiger partial charge is 0.378 e. The third-order valence-corrected chi connectivity index (χ3v) is 3.10. The Kier molecular flexibility index (Phi) is 9.35. The molecule has 0 heterocycles. The predicted molar refractivity (Wildman–Crippen MR) is 98.1 cm³/mol. The van der Waals surface area contributed by atoms with Gasteiger partial charge in [-0.2, -0.15) is 0 Å². The van der Waals surface area contributed by atoms with Crippen LogP contribution >= 0.6 is 0 Å². The quantitative estimate of drug-likeness (QED) is 0.839. The first-order chi connectivity index (χ1) is 10.4. The van der Waals surface area contributed by atoms with Crippen LogP contribution < -0.4 is 9.80 Å². The minimum atomic E-state index is 1.26. The molecule has 2 aromatic rings. The second-order valence-electron chi connectivity index (χ2n) is 5.46. The van der Waals surface area contributed by atoms with Gasteiger partial charge in [0.1, 0.15) is 6.79 Å². The van der Waals surface area contributed by atoms with E-state index in [0.717, 1.165) is 0 Å². The molecule has 3 heteroatoms. The molecule has 0 fully saturated rings. The summed E-state index contributed by atoms with van der Waals surface area (Å²) >= 11 is 0. The molecule has 0 bridgehead atoms. The van der Waals surface area contributed by atoms with Crippen molar-refractivity contribution >= 4 is 18.2 Å². The maximum atomic E-state index is 8.00. The average Bonchev–Trinajstić information content (AvgIpc) is 2.51. The molecule has 0 aromatic heterocycles. The molecule has 0 amide bonds. The minimum Gasteiger partial charge on any atom is -0.378 e. The van der Waals surface area contributed by atoms with Gasteiger partial charge in [-0.3, -0.25) is 0 Å². The number of nitrogens with zero attached hydrogens (tertiary/aromatic N) is 2. The lowest BCUT2D eigenvalue weighted by molar-refractivity contribution is -0.0979. The number of carbonyl (C=O) groups excluding carboxylic acids is 1. The molecule has 0 spiro atoms. The Labute approximate surface area is 135 Å². The lowest BCUT2D eigenvalue weighted by Gasteiger charge is -2.11. The predicted octanol–water partition coefficient (Wildman–Crippen LogP) is 3.94. The van der Waals surface area contributed by atoms with Crippen LogP contribution in [0.4, 0.5) is 11.4 Å². The molecule has 120 valence electrons. The van der Waals surface area contributed by atoms with Crippen molar-refractivity contribution in [2.45, 2.75) is 13.8 Å². The highest BCUT2D eigenvalue weighted by molar-refractivity contribution is 5.46. The topological polar surface area (TPSA) is 23.6 Å². The van der Waals surface area contributed by atoms with Crippen LogP contribution in [0, 0.1) is 13.8 Å². The smallest absolute Gasteiger partial charge is 0.106 e. The second-order valence-corrected chi connectivity index (χ2v) is 5.46. The Morgan fingerprint density at radius 1 is 0.591 bits per heavy atom. The first-order valence-corrected chi connectivity index (χ1v) is 7.17. The zero-order chi connectivity index (χ0) is 17.1. The summed E-state index contributed by atoms with van der Waals surface area (Å²) in [6, 6.07) is 17.0. The van der Waals surface area contributed by atoms with Crippen LogP contribution in [0.25, 0.3) is 0 Å². The van der Waals surface area contributed by atoms with E-state index < -0.39 is 0 Å². The van der Waals surface area contributed by atoms with Crippen molar-refractivity contribution in [2.24, 2.45) is 0 Å².